The molecular formula is C13H20O3. The minimum absolute atomic E-state index is 0.0342. The average molecular weight is 224 g/mol. The van der Waals surface area contributed by atoms with E-state index in [0.29, 0.717) is 6.61 Å². The molecule has 16 heavy (non-hydrogen) atoms. The van der Waals surface area contributed by atoms with Crippen molar-refractivity contribution < 1.29 is 14.6 Å². The molecule has 0 aromatic heterocycles. The van der Waals surface area contributed by atoms with Crippen LogP contribution in [-0.4, -0.2) is 17.8 Å². The smallest absolute Gasteiger partial charge is 0.124 e. The van der Waals surface area contributed by atoms with Crippen LogP contribution >= 0.6 is 0 Å². The summed E-state index contributed by atoms with van der Waals surface area (Å²) in [7, 11) is 1.63. The van der Waals surface area contributed by atoms with E-state index in [1.165, 1.54) is 0 Å². The lowest BCUT2D eigenvalue weighted by Crippen LogP contribution is -2.19. The highest BCUT2D eigenvalue weighted by atomic mass is 16.5. The number of ether oxygens (including phenoxy) is 2. The second-order valence-corrected chi connectivity index (χ2v) is 4.71. The van der Waals surface area contributed by atoms with Crippen molar-refractivity contribution in [3.05, 3.63) is 29.3 Å². The van der Waals surface area contributed by atoms with Crippen molar-refractivity contribution in [3.8, 4) is 5.75 Å². The second kappa shape index (κ2) is 5.32. The highest BCUT2D eigenvalue weighted by Crippen LogP contribution is 2.22. The molecule has 0 bridgehead atoms. The molecule has 3 heteroatoms. The number of aliphatic hydroxyl groups excluding tert-OH is 1. The molecule has 0 aliphatic heterocycles. The molecule has 1 rings (SSSR count). The maximum Gasteiger partial charge on any atom is 0.124 e. The fourth-order valence-corrected chi connectivity index (χ4v) is 1.34. The predicted molar refractivity (Wildman–Crippen MR) is 63.5 cm³/mol. The van der Waals surface area contributed by atoms with Crippen molar-refractivity contribution in [2.45, 2.75) is 39.6 Å². The number of hydrogen-bond donors (Lipinski definition) is 1. The van der Waals surface area contributed by atoms with Crippen LogP contribution in [0.15, 0.2) is 18.2 Å². The van der Waals surface area contributed by atoms with E-state index in [1.54, 1.807) is 7.11 Å². The first kappa shape index (κ1) is 13.0. The molecule has 0 amide bonds. The highest BCUT2D eigenvalue weighted by Gasteiger charge is 2.12. The van der Waals surface area contributed by atoms with E-state index >= 15 is 0 Å². The molecular weight excluding hydrogens is 204 g/mol. The second-order valence-electron chi connectivity index (χ2n) is 4.71. The zero-order valence-electron chi connectivity index (χ0n) is 10.4. The third kappa shape index (κ3) is 3.83. The normalized spacial score (nSPS) is 11.6. The Balaban J connectivity index is 2.83. The minimum Gasteiger partial charge on any atom is -0.496 e. The molecule has 0 atom stereocenters. The maximum absolute atomic E-state index is 9.07. The summed E-state index contributed by atoms with van der Waals surface area (Å²) in [5.74, 6) is 0.793. The quantitative estimate of drug-likeness (QED) is 0.854. The lowest BCUT2D eigenvalue weighted by Gasteiger charge is -2.20. The van der Waals surface area contributed by atoms with Crippen molar-refractivity contribution >= 4 is 0 Å². The Morgan fingerprint density at radius 2 is 1.94 bits per heavy atom. The summed E-state index contributed by atoms with van der Waals surface area (Å²) < 4.78 is 10.9. The summed E-state index contributed by atoms with van der Waals surface area (Å²) in [6.45, 7) is 6.55. The van der Waals surface area contributed by atoms with Crippen molar-refractivity contribution in [2.75, 3.05) is 7.11 Å². The standard InChI is InChI=1S/C13H20O3/c1-13(2,3)16-9-11-7-10(8-14)5-6-12(11)15-4/h5-7,14H,8-9H2,1-4H3. The maximum atomic E-state index is 9.07. The number of aliphatic hydroxyl groups is 1. The molecule has 0 aliphatic rings. The Hall–Kier alpha value is -1.06. The predicted octanol–water partition coefficient (Wildman–Crippen LogP) is 2.50. The van der Waals surface area contributed by atoms with Gasteiger partial charge >= 0.3 is 0 Å². The molecule has 0 radical (unpaired) electrons. The SMILES string of the molecule is COc1ccc(CO)cc1COC(C)(C)C. The van der Waals surface area contributed by atoms with Crippen molar-refractivity contribution in [2.24, 2.45) is 0 Å². The van der Waals surface area contributed by atoms with E-state index in [0.717, 1.165) is 16.9 Å². The van der Waals surface area contributed by atoms with Gasteiger partial charge in [-0.2, -0.15) is 0 Å². The number of benzene rings is 1. The van der Waals surface area contributed by atoms with Gasteiger partial charge in [0.25, 0.3) is 0 Å². The number of rotatable bonds is 4. The van der Waals surface area contributed by atoms with Crippen LogP contribution < -0.4 is 4.74 Å². The Morgan fingerprint density at radius 1 is 1.25 bits per heavy atom. The van der Waals surface area contributed by atoms with Gasteiger partial charge in [0, 0.05) is 5.56 Å². The molecule has 90 valence electrons. The largest absolute Gasteiger partial charge is 0.496 e. The third-order valence-electron chi connectivity index (χ3n) is 2.19. The Kier molecular flexibility index (Phi) is 4.33. The molecule has 0 spiro atoms. The summed E-state index contributed by atoms with van der Waals surface area (Å²) in [6.07, 6.45) is 0. The van der Waals surface area contributed by atoms with E-state index in [-0.39, 0.29) is 12.2 Å². The molecule has 0 heterocycles. The average Bonchev–Trinajstić information content (AvgIpc) is 2.25. The van der Waals surface area contributed by atoms with Gasteiger partial charge in [-0.3, -0.25) is 0 Å². The van der Waals surface area contributed by atoms with Gasteiger partial charge in [-0.15, -0.1) is 0 Å². The Labute approximate surface area is 97.0 Å². The van der Waals surface area contributed by atoms with Crippen molar-refractivity contribution in [3.63, 3.8) is 0 Å². The molecule has 0 fully saturated rings. The minimum atomic E-state index is -0.180. The first-order valence-corrected chi connectivity index (χ1v) is 5.37. The number of hydrogen-bond acceptors (Lipinski definition) is 3. The highest BCUT2D eigenvalue weighted by molar-refractivity contribution is 5.36. The van der Waals surface area contributed by atoms with Crippen LogP contribution in [0.4, 0.5) is 0 Å². The van der Waals surface area contributed by atoms with E-state index in [9.17, 15) is 0 Å². The molecule has 3 nitrogen and oxygen atoms in total. The first-order chi connectivity index (χ1) is 7.46. The van der Waals surface area contributed by atoms with Crippen LogP contribution in [0.3, 0.4) is 0 Å². The zero-order valence-corrected chi connectivity index (χ0v) is 10.4. The molecule has 1 aromatic rings. The van der Waals surface area contributed by atoms with Gasteiger partial charge in [-0.05, 0) is 38.5 Å². The van der Waals surface area contributed by atoms with E-state index in [1.807, 2.05) is 39.0 Å². The Bertz CT molecular complexity index is 340. The molecule has 0 saturated carbocycles. The summed E-state index contributed by atoms with van der Waals surface area (Å²) in [6, 6.07) is 5.61. The molecule has 1 N–H and O–H groups in total. The molecule has 1 aromatic carbocycles. The summed E-state index contributed by atoms with van der Waals surface area (Å²) in [4.78, 5) is 0. The van der Waals surface area contributed by atoms with E-state index in [2.05, 4.69) is 0 Å². The van der Waals surface area contributed by atoms with E-state index in [4.69, 9.17) is 14.6 Å². The van der Waals surface area contributed by atoms with Crippen LogP contribution in [0.2, 0.25) is 0 Å². The first-order valence-electron chi connectivity index (χ1n) is 5.37. The fraction of sp³-hybridized carbons (Fsp3) is 0.538. The van der Waals surface area contributed by atoms with Crippen LogP contribution in [0.1, 0.15) is 31.9 Å². The van der Waals surface area contributed by atoms with Gasteiger partial charge in [0.1, 0.15) is 5.75 Å². The summed E-state index contributed by atoms with van der Waals surface area (Å²) >= 11 is 0. The van der Waals surface area contributed by atoms with Crippen molar-refractivity contribution in [1.82, 2.24) is 0 Å². The summed E-state index contributed by atoms with van der Waals surface area (Å²) in [5, 5.41) is 9.07. The lowest BCUT2D eigenvalue weighted by atomic mass is 10.1. The van der Waals surface area contributed by atoms with Gasteiger partial charge in [0.2, 0.25) is 0 Å². The molecule has 0 aliphatic carbocycles. The molecule has 0 unspecified atom stereocenters. The Morgan fingerprint density at radius 3 is 2.44 bits per heavy atom. The number of methoxy groups -OCH3 is 1. The van der Waals surface area contributed by atoms with Crippen LogP contribution in [0, 0.1) is 0 Å². The van der Waals surface area contributed by atoms with Gasteiger partial charge in [-0.1, -0.05) is 6.07 Å². The fourth-order valence-electron chi connectivity index (χ4n) is 1.34. The third-order valence-corrected chi connectivity index (χ3v) is 2.19. The molecule has 0 saturated heterocycles. The van der Waals surface area contributed by atoms with Gasteiger partial charge in [0.15, 0.2) is 0 Å². The summed E-state index contributed by atoms with van der Waals surface area (Å²) in [5.41, 5.74) is 1.65. The van der Waals surface area contributed by atoms with E-state index < -0.39 is 0 Å². The van der Waals surface area contributed by atoms with Crippen LogP contribution in [0.5, 0.6) is 5.75 Å². The van der Waals surface area contributed by atoms with Crippen LogP contribution in [0.25, 0.3) is 0 Å². The van der Waals surface area contributed by atoms with Gasteiger partial charge in [0.05, 0.1) is 25.9 Å². The van der Waals surface area contributed by atoms with Gasteiger partial charge in [-0.25, -0.2) is 0 Å². The monoisotopic (exact) mass is 224 g/mol. The zero-order chi connectivity index (χ0) is 12.2. The van der Waals surface area contributed by atoms with Gasteiger partial charge < -0.3 is 14.6 Å². The van der Waals surface area contributed by atoms with Crippen molar-refractivity contribution in [1.29, 1.82) is 0 Å². The lowest BCUT2D eigenvalue weighted by molar-refractivity contribution is -0.0157. The topological polar surface area (TPSA) is 38.7 Å². The van der Waals surface area contributed by atoms with Crippen LogP contribution in [-0.2, 0) is 18.0 Å².